The molecule has 0 fully saturated rings. The van der Waals surface area contributed by atoms with Crippen molar-refractivity contribution in [1.29, 1.82) is 0 Å². The van der Waals surface area contributed by atoms with Crippen molar-refractivity contribution in [1.82, 2.24) is 0 Å². The van der Waals surface area contributed by atoms with Gasteiger partial charge >= 0.3 is 0 Å². The molecule has 7 heteroatoms. The molecule has 2 aromatic rings. The number of amides is 2. The molecule has 28 heavy (non-hydrogen) atoms. The monoisotopic (exact) mass is 402 g/mol. The third-order valence-corrected chi connectivity index (χ3v) is 3.76. The van der Waals surface area contributed by atoms with Gasteiger partial charge in [-0.05, 0) is 55.8 Å². The topological polar surface area (TPSA) is 76.7 Å². The van der Waals surface area contributed by atoms with E-state index >= 15 is 0 Å². The number of carbonyl (C=O) groups excluding carboxylic acids is 2. The van der Waals surface area contributed by atoms with E-state index < -0.39 is 0 Å². The predicted molar refractivity (Wildman–Crippen MR) is 112 cm³/mol. The molecule has 2 rings (SSSR count). The minimum absolute atomic E-state index is 0.0246. The van der Waals surface area contributed by atoms with E-state index in [9.17, 15) is 9.59 Å². The third-order valence-electron chi connectivity index (χ3n) is 3.53. The van der Waals surface area contributed by atoms with E-state index in [1.54, 1.807) is 43.5 Å². The lowest BCUT2D eigenvalue weighted by Gasteiger charge is -2.13. The summed E-state index contributed by atoms with van der Waals surface area (Å²) in [5, 5.41) is 5.81. The fourth-order valence-corrected chi connectivity index (χ4v) is 2.58. The van der Waals surface area contributed by atoms with Gasteiger partial charge in [0, 0.05) is 18.0 Å². The maximum Gasteiger partial charge on any atom is 0.248 e. The summed E-state index contributed by atoms with van der Waals surface area (Å²) in [4.78, 5) is 23.6. The van der Waals surface area contributed by atoms with Crippen LogP contribution in [0.4, 0.5) is 11.4 Å². The van der Waals surface area contributed by atoms with Crippen LogP contribution in [-0.4, -0.2) is 25.0 Å². The number of carbonyl (C=O) groups is 2. The lowest BCUT2D eigenvalue weighted by Crippen LogP contribution is -2.13. The number of hydrogen-bond donors (Lipinski definition) is 2. The van der Waals surface area contributed by atoms with Gasteiger partial charge in [0.2, 0.25) is 11.8 Å². The number of hydrogen-bond acceptors (Lipinski definition) is 4. The maximum atomic E-state index is 12.3. The fraction of sp³-hybridized carbons (Fsp3) is 0.238. The van der Waals surface area contributed by atoms with Crippen molar-refractivity contribution in [3.8, 4) is 11.5 Å². The molecule has 0 radical (unpaired) electrons. The first kappa shape index (κ1) is 21.3. The molecule has 148 valence electrons. The standard InChI is InChI=1S/C21H23ClN2O4/c1-13(2)28-19-9-5-15(11-20(19)27-4)6-10-21(26)24-18-12-16(22)7-8-17(18)23-14(3)25/h5-13H,1-4H3,(H,23,25)(H,24,26)/b10-6+. The van der Waals surface area contributed by atoms with Crippen molar-refractivity contribution in [3.05, 3.63) is 53.1 Å². The highest BCUT2D eigenvalue weighted by Crippen LogP contribution is 2.29. The van der Waals surface area contributed by atoms with Crippen LogP contribution in [0.5, 0.6) is 11.5 Å². The van der Waals surface area contributed by atoms with Crippen LogP contribution >= 0.6 is 11.6 Å². The Labute approximate surface area is 169 Å². The van der Waals surface area contributed by atoms with Gasteiger partial charge in [0.15, 0.2) is 11.5 Å². The molecule has 6 nitrogen and oxygen atoms in total. The zero-order valence-corrected chi connectivity index (χ0v) is 17.0. The summed E-state index contributed by atoms with van der Waals surface area (Å²) in [5.41, 5.74) is 1.66. The number of halogens is 1. The van der Waals surface area contributed by atoms with E-state index in [2.05, 4.69) is 10.6 Å². The first-order chi connectivity index (χ1) is 13.3. The van der Waals surface area contributed by atoms with Crippen LogP contribution in [0.3, 0.4) is 0 Å². The number of anilines is 2. The predicted octanol–water partition coefficient (Wildman–Crippen LogP) is 4.75. The van der Waals surface area contributed by atoms with Crippen molar-refractivity contribution in [2.45, 2.75) is 26.9 Å². The van der Waals surface area contributed by atoms with E-state index in [1.165, 1.54) is 13.0 Å². The minimum Gasteiger partial charge on any atom is -0.493 e. The summed E-state index contributed by atoms with van der Waals surface area (Å²) in [6, 6.07) is 10.2. The molecule has 2 N–H and O–H groups in total. The van der Waals surface area contributed by atoms with Crippen LogP contribution in [0.15, 0.2) is 42.5 Å². The molecule has 0 unspecified atom stereocenters. The Hall–Kier alpha value is -2.99. The van der Waals surface area contributed by atoms with Crippen molar-refractivity contribution < 1.29 is 19.1 Å². The highest BCUT2D eigenvalue weighted by atomic mass is 35.5. The van der Waals surface area contributed by atoms with Gasteiger partial charge in [-0.1, -0.05) is 17.7 Å². The molecule has 0 spiro atoms. The van der Waals surface area contributed by atoms with Gasteiger partial charge in [-0.2, -0.15) is 0 Å². The first-order valence-corrected chi connectivity index (χ1v) is 9.07. The van der Waals surface area contributed by atoms with Gasteiger partial charge in [-0.25, -0.2) is 0 Å². The van der Waals surface area contributed by atoms with Crippen LogP contribution in [-0.2, 0) is 9.59 Å². The average Bonchev–Trinajstić information content (AvgIpc) is 2.62. The highest BCUT2D eigenvalue weighted by Gasteiger charge is 2.09. The largest absolute Gasteiger partial charge is 0.493 e. The van der Waals surface area contributed by atoms with Gasteiger partial charge < -0.3 is 20.1 Å². The lowest BCUT2D eigenvalue weighted by molar-refractivity contribution is -0.114. The molecule has 0 bridgehead atoms. The average molecular weight is 403 g/mol. The second-order valence-electron chi connectivity index (χ2n) is 6.27. The summed E-state index contributed by atoms with van der Waals surface area (Å²) in [6.45, 7) is 5.26. The molecule has 0 atom stereocenters. The van der Waals surface area contributed by atoms with E-state index in [-0.39, 0.29) is 17.9 Å². The van der Waals surface area contributed by atoms with E-state index in [1.807, 2.05) is 19.9 Å². The Morgan fingerprint density at radius 2 is 1.79 bits per heavy atom. The molecule has 0 saturated carbocycles. The third kappa shape index (κ3) is 6.32. The normalized spacial score (nSPS) is 10.8. The number of methoxy groups -OCH3 is 1. The molecule has 2 aromatic carbocycles. The van der Waals surface area contributed by atoms with Crippen molar-refractivity contribution >= 4 is 40.9 Å². The Morgan fingerprint density at radius 1 is 1.04 bits per heavy atom. The molecule has 0 aliphatic rings. The number of benzene rings is 2. The van der Waals surface area contributed by atoms with Gasteiger partial charge in [-0.15, -0.1) is 0 Å². The summed E-state index contributed by atoms with van der Waals surface area (Å²) >= 11 is 5.99. The Morgan fingerprint density at radius 3 is 2.43 bits per heavy atom. The van der Waals surface area contributed by atoms with Gasteiger partial charge in [-0.3, -0.25) is 9.59 Å². The molecule has 0 aliphatic carbocycles. The van der Waals surface area contributed by atoms with Crippen LogP contribution in [0, 0.1) is 0 Å². The Kier molecular flexibility index (Phi) is 7.46. The molecule has 2 amide bonds. The molecule has 0 aromatic heterocycles. The molecule has 0 saturated heterocycles. The lowest BCUT2D eigenvalue weighted by atomic mass is 10.2. The maximum absolute atomic E-state index is 12.3. The molecule has 0 aliphatic heterocycles. The minimum atomic E-state index is -0.365. The van der Waals surface area contributed by atoms with Gasteiger partial charge in [0.05, 0.1) is 24.6 Å². The summed E-state index contributed by atoms with van der Waals surface area (Å²) < 4.78 is 11.0. The Bertz CT molecular complexity index is 894. The van der Waals surface area contributed by atoms with Gasteiger partial charge in [0.25, 0.3) is 0 Å². The van der Waals surface area contributed by atoms with Crippen molar-refractivity contribution in [2.24, 2.45) is 0 Å². The van der Waals surface area contributed by atoms with Crippen LogP contribution in [0.25, 0.3) is 6.08 Å². The number of nitrogens with one attached hydrogen (secondary N) is 2. The molecule has 0 heterocycles. The molecular formula is C21H23ClN2O4. The second-order valence-corrected chi connectivity index (χ2v) is 6.71. The van der Waals surface area contributed by atoms with Crippen molar-refractivity contribution in [3.63, 3.8) is 0 Å². The summed E-state index contributed by atoms with van der Waals surface area (Å²) in [5.74, 6) is 0.608. The van der Waals surface area contributed by atoms with E-state index in [0.717, 1.165) is 5.56 Å². The first-order valence-electron chi connectivity index (χ1n) is 8.69. The number of ether oxygens (including phenoxy) is 2. The zero-order chi connectivity index (χ0) is 20.7. The fourth-order valence-electron chi connectivity index (χ4n) is 2.40. The highest BCUT2D eigenvalue weighted by molar-refractivity contribution is 6.31. The SMILES string of the molecule is COc1cc(/C=C/C(=O)Nc2cc(Cl)ccc2NC(C)=O)ccc1OC(C)C. The number of rotatable bonds is 7. The van der Waals surface area contributed by atoms with E-state index in [0.29, 0.717) is 27.9 Å². The summed E-state index contributed by atoms with van der Waals surface area (Å²) in [6.07, 6.45) is 3.06. The van der Waals surface area contributed by atoms with Gasteiger partial charge in [0.1, 0.15) is 0 Å². The van der Waals surface area contributed by atoms with Crippen LogP contribution < -0.4 is 20.1 Å². The molecular weight excluding hydrogens is 380 g/mol. The van der Waals surface area contributed by atoms with Crippen LogP contribution in [0.2, 0.25) is 5.02 Å². The van der Waals surface area contributed by atoms with Crippen LogP contribution in [0.1, 0.15) is 26.3 Å². The van der Waals surface area contributed by atoms with E-state index in [4.69, 9.17) is 21.1 Å². The summed E-state index contributed by atoms with van der Waals surface area (Å²) in [7, 11) is 1.56. The zero-order valence-electron chi connectivity index (χ0n) is 16.2. The van der Waals surface area contributed by atoms with Crippen molar-refractivity contribution in [2.75, 3.05) is 17.7 Å². The Balaban J connectivity index is 2.14. The smallest absolute Gasteiger partial charge is 0.248 e. The quantitative estimate of drug-likeness (QED) is 0.655. The second kappa shape index (κ2) is 9.80.